The summed E-state index contributed by atoms with van der Waals surface area (Å²) in [6.07, 6.45) is 4.58. The third-order valence-electron chi connectivity index (χ3n) is 6.10. The lowest BCUT2D eigenvalue weighted by atomic mass is 9.66. The first-order chi connectivity index (χ1) is 13.1. The number of benzene rings is 1. The van der Waals surface area contributed by atoms with E-state index in [0.717, 1.165) is 41.9 Å². The van der Waals surface area contributed by atoms with Crippen molar-refractivity contribution in [3.8, 4) is 5.75 Å². The van der Waals surface area contributed by atoms with E-state index in [1.54, 1.807) is 0 Å². The second kappa shape index (κ2) is 7.64. The van der Waals surface area contributed by atoms with Gasteiger partial charge in [0.05, 0.1) is 23.1 Å². The molecule has 0 unspecified atom stereocenters. The molecule has 1 saturated carbocycles. The summed E-state index contributed by atoms with van der Waals surface area (Å²) in [5.41, 5.74) is 0.336. The maximum absolute atomic E-state index is 13.3. The Labute approximate surface area is 164 Å². The van der Waals surface area contributed by atoms with Crippen LogP contribution in [-0.4, -0.2) is 34.7 Å². The minimum Gasteiger partial charge on any atom is -0.494 e. The number of hydrogen-bond donors (Lipinski definition) is 1. The fraction of sp³-hybridized carbons (Fsp3) is 0.500. The maximum atomic E-state index is 13.3. The Morgan fingerprint density at radius 2 is 2.11 bits per heavy atom. The van der Waals surface area contributed by atoms with E-state index in [1.807, 2.05) is 47.5 Å². The molecule has 2 aliphatic rings. The molecule has 2 aromatic rings. The Morgan fingerprint density at radius 3 is 2.89 bits per heavy atom. The van der Waals surface area contributed by atoms with Gasteiger partial charge in [-0.1, -0.05) is 37.1 Å². The highest BCUT2D eigenvalue weighted by molar-refractivity contribution is 7.12. The van der Waals surface area contributed by atoms with Gasteiger partial charge in [0.25, 0.3) is 5.91 Å². The fourth-order valence-corrected chi connectivity index (χ4v) is 5.53. The number of thiophene rings is 1. The summed E-state index contributed by atoms with van der Waals surface area (Å²) in [6, 6.07) is 11.7. The van der Waals surface area contributed by atoms with Crippen LogP contribution in [0.25, 0.3) is 0 Å². The molecule has 27 heavy (non-hydrogen) atoms. The normalized spacial score (nSPS) is 27.9. The summed E-state index contributed by atoms with van der Waals surface area (Å²) < 4.78 is 5.90. The van der Waals surface area contributed by atoms with Crippen molar-refractivity contribution in [2.75, 3.05) is 13.2 Å². The lowest BCUT2D eigenvalue weighted by molar-refractivity contribution is -0.115. The molecule has 1 aliphatic heterocycles. The van der Waals surface area contributed by atoms with Gasteiger partial charge in [-0.2, -0.15) is 0 Å². The summed E-state index contributed by atoms with van der Waals surface area (Å²) in [5, 5.41) is 13.3. The summed E-state index contributed by atoms with van der Waals surface area (Å²) in [5.74, 6) is 0.934. The SMILES string of the molecule is CCOc1ccccc1[C@H]1[C@H]2CCCC[C@@]2(O)CCN1C(=O)c1cccs1. The molecule has 1 N–H and O–H groups in total. The number of hydrogen-bond acceptors (Lipinski definition) is 4. The van der Waals surface area contributed by atoms with Crippen LogP contribution in [0, 0.1) is 5.92 Å². The first-order valence-electron chi connectivity index (χ1n) is 9.92. The van der Waals surface area contributed by atoms with Crippen LogP contribution < -0.4 is 4.74 Å². The molecule has 0 radical (unpaired) electrons. The molecular formula is C22H27NO3S. The number of piperidine rings is 1. The second-order valence-electron chi connectivity index (χ2n) is 7.60. The molecule has 5 heteroatoms. The zero-order valence-corrected chi connectivity index (χ0v) is 16.6. The smallest absolute Gasteiger partial charge is 0.264 e. The van der Waals surface area contributed by atoms with E-state index in [9.17, 15) is 9.90 Å². The molecule has 1 amide bonds. The highest BCUT2D eigenvalue weighted by atomic mass is 32.1. The van der Waals surface area contributed by atoms with Crippen LogP contribution in [0.5, 0.6) is 5.75 Å². The van der Waals surface area contributed by atoms with Crippen molar-refractivity contribution in [2.24, 2.45) is 5.92 Å². The van der Waals surface area contributed by atoms with Gasteiger partial charge in [-0.25, -0.2) is 0 Å². The number of aliphatic hydroxyl groups is 1. The van der Waals surface area contributed by atoms with E-state index >= 15 is 0 Å². The number of amides is 1. The Morgan fingerprint density at radius 1 is 1.26 bits per heavy atom. The summed E-state index contributed by atoms with van der Waals surface area (Å²) >= 11 is 1.48. The molecule has 2 fully saturated rings. The van der Waals surface area contributed by atoms with Crippen LogP contribution in [0.2, 0.25) is 0 Å². The van der Waals surface area contributed by atoms with Crippen LogP contribution >= 0.6 is 11.3 Å². The number of rotatable bonds is 4. The van der Waals surface area contributed by atoms with Gasteiger partial charge < -0.3 is 14.7 Å². The number of para-hydroxylation sites is 1. The van der Waals surface area contributed by atoms with Crippen molar-refractivity contribution >= 4 is 17.2 Å². The van der Waals surface area contributed by atoms with Crippen molar-refractivity contribution in [2.45, 2.75) is 50.7 Å². The predicted molar refractivity (Wildman–Crippen MR) is 107 cm³/mol. The Balaban J connectivity index is 1.78. The molecule has 4 rings (SSSR count). The fourth-order valence-electron chi connectivity index (χ4n) is 4.85. The molecule has 0 bridgehead atoms. The zero-order chi connectivity index (χ0) is 18.9. The van der Waals surface area contributed by atoms with Crippen LogP contribution in [0.4, 0.5) is 0 Å². The molecule has 1 aliphatic carbocycles. The molecule has 0 spiro atoms. The van der Waals surface area contributed by atoms with E-state index in [1.165, 1.54) is 11.3 Å². The Kier molecular flexibility index (Phi) is 5.24. The second-order valence-corrected chi connectivity index (χ2v) is 8.55. The van der Waals surface area contributed by atoms with Crippen LogP contribution in [0.3, 0.4) is 0 Å². The average Bonchev–Trinajstić information content (AvgIpc) is 3.22. The van der Waals surface area contributed by atoms with Gasteiger partial charge in [-0.15, -0.1) is 11.3 Å². The van der Waals surface area contributed by atoms with Gasteiger partial charge >= 0.3 is 0 Å². The van der Waals surface area contributed by atoms with Gasteiger partial charge in [0, 0.05) is 18.0 Å². The molecule has 1 aromatic heterocycles. The molecule has 1 saturated heterocycles. The monoisotopic (exact) mass is 385 g/mol. The molecule has 2 heterocycles. The van der Waals surface area contributed by atoms with Crippen LogP contribution in [0.15, 0.2) is 41.8 Å². The highest BCUT2D eigenvalue weighted by Crippen LogP contribution is 2.51. The van der Waals surface area contributed by atoms with Crippen molar-refractivity contribution in [1.82, 2.24) is 4.90 Å². The third-order valence-corrected chi connectivity index (χ3v) is 6.96. The largest absolute Gasteiger partial charge is 0.494 e. The minimum absolute atomic E-state index is 0.0468. The topological polar surface area (TPSA) is 49.8 Å². The number of fused-ring (bicyclic) bond motifs is 1. The third kappa shape index (κ3) is 3.39. The first kappa shape index (κ1) is 18.5. The average molecular weight is 386 g/mol. The molecule has 1 aromatic carbocycles. The molecular weight excluding hydrogens is 358 g/mol. The molecule has 144 valence electrons. The predicted octanol–water partition coefficient (Wildman–Crippen LogP) is 4.66. The van der Waals surface area contributed by atoms with Gasteiger partial charge in [-0.3, -0.25) is 4.79 Å². The van der Waals surface area contributed by atoms with E-state index < -0.39 is 5.60 Å². The van der Waals surface area contributed by atoms with E-state index in [-0.39, 0.29) is 17.9 Å². The van der Waals surface area contributed by atoms with Gasteiger partial charge in [0.2, 0.25) is 0 Å². The first-order valence-corrected chi connectivity index (χ1v) is 10.8. The summed E-state index contributed by atoms with van der Waals surface area (Å²) in [7, 11) is 0. The van der Waals surface area contributed by atoms with Crippen molar-refractivity contribution in [3.05, 3.63) is 52.2 Å². The Hall–Kier alpha value is -1.85. The van der Waals surface area contributed by atoms with Crippen molar-refractivity contribution < 1.29 is 14.6 Å². The van der Waals surface area contributed by atoms with E-state index in [4.69, 9.17) is 4.74 Å². The van der Waals surface area contributed by atoms with E-state index in [0.29, 0.717) is 19.6 Å². The standard InChI is InChI=1S/C22H27NO3S/c1-2-26-18-10-4-3-8-16(18)20-17-9-5-6-12-22(17,25)13-14-23(20)21(24)19-11-7-15-27-19/h3-4,7-8,10-11,15,17,20,25H,2,5-6,9,12-14H2,1H3/t17-,20+,22-/m1/s1. The lowest BCUT2D eigenvalue weighted by Crippen LogP contribution is -2.56. The molecule has 4 nitrogen and oxygen atoms in total. The summed E-state index contributed by atoms with van der Waals surface area (Å²) in [6.45, 7) is 3.13. The number of carbonyl (C=O) groups excluding carboxylic acids is 1. The van der Waals surface area contributed by atoms with E-state index in [2.05, 4.69) is 6.07 Å². The lowest BCUT2D eigenvalue weighted by Gasteiger charge is -2.52. The summed E-state index contributed by atoms with van der Waals surface area (Å²) in [4.78, 5) is 16.0. The van der Waals surface area contributed by atoms with Crippen molar-refractivity contribution in [1.29, 1.82) is 0 Å². The minimum atomic E-state index is -0.686. The van der Waals surface area contributed by atoms with Gasteiger partial charge in [-0.05, 0) is 43.7 Å². The van der Waals surface area contributed by atoms with Crippen molar-refractivity contribution in [3.63, 3.8) is 0 Å². The van der Waals surface area contributed by atoms with Gasteiger partial charge in [0.15, 0.2) is 0 Å². The number of ether oxygens (including phenoxy) is 1. The van der Waals surface area contributed by atoms with Crippen LogP contribution in [-0.2, 0) is 0 Å². The number of likely N-dealkylation sites (tertiary alicyclic amines) is 1. The number of carbonyl (C=O) groups is 1. The van der Waals surface area contributed by atoms with Crippen LogP contribution in [0.1, 0.15) is 60.3 Å². The Bertz CT molecular complexity index is 791. The molecule has 3 atom stereocenters. The number of nitrogens with zero attached hydrogens (tertiary/aromatic N) is 1. The quantitative estimate of drug-likeness (QED) is 0.833. The van der Waals surface area contributed by atoms with Gasteiger partial charge in [0.1, 0.15) is 5.75 Å². The zero-order valence-electron chi connectivity index (χ0n) is 15.8. The maximum Gasteiger partial charge on any atom is 0.264 e. The highest BCUT2D eigenvalue weighted by Gasteiger charge is 2.51.